The minimum absolute atomic E-state index is 0.267. The fourth-order valence-corrected chi connectivity index (χ4v) is 2.57. The Labute approximate surface area is 95.8 Å². The van der Waals surface area contributed by atoms with Gasteiger partial charge in [-0.05, 0) is 26.1 Å². The number of rotatable bonds is 4. The number of ether oxygens (including phenoxy) is 1. The number of esters is 1. The van der Waals surface area contributed by atoms with Crippen LogP contribution < -0.4 is 4.72 Å². The number of benzene rings is 1. The molecule has 1 unspecified atom stereocenters. The monoisotopic (exact) mass is 241 g/mol. The van der Waals surface area contributed by atoms with Gasteiger partial charge < -0.3 is 4.74 Å². The number of carbonyl (C=O) groups is 1. The first kappa shape index (κ1) is 12.7. The Morgan fingerprint density at radius 2 is 2.06 bits per heavy atom. The first-order valence-electron chi connectivity index (χ1n) is 4.91. The first-order chi connectivity index (χ1) is 7.62. The van der Waals surface area contributed by atoms with Crippen LogP contribution in [0.1, 0.15) is 6.92 Å². The van der Waals surface area contributed by atoms with Crippen LogP contribution >= 0.6 is 0 Å². The summed E-state index contributed by atoms with van der Waals surface area (Å²) in [6, 6.07) is 8.77. The molecule has 0 radical (unpaired) electrons. The van der Waals surface area contributed by atoms with Gasteiger partial charge in [0, 0.05) is 4.90 Å². The number of carbonyl (C=O) groups excluding carboxylic acids is 1. The summed E-state index contributed by atoms with van der Waals surface area (Å²) in [7, 11) is -1.13. The van der Waals surface area contributed by atoms with E-state index in [1.807, 2.05) is 6.07 Å². The summed E-state index contributed by atoms with van der Waals surface area (Å²) in [6.45, 7) is 1.97. The molecule has 0 saturated carbocycles. The molecule has 0 fully saturated rings. The fraction of sp³-hybridized carbons (Fsp3) is 0.273. The summed E-state index contributed by atoms with van der Waals surface area (Å²) in [6.07, 6.45) is 0. The third-order valence-corrected chi connectivity index (χ3v) is 4.05. The highest BCUT2D eigenvalue weighted by Gasteiger charge is 2.10. The van der Waals surface area contributed by atoms with E-state index in [1.54, 1.807) is 38.2 Å². The van der Waals surface area contributed by atoms with Crippen molar-refractivity contribution in [1.29, 1.82) is 0 Å². The lowest BCUT2D eigenvalue weighted by Gasteiger charge is -2.09. The topological polar surface area (TPSA) is 55.4 Å². The summed E-state index contributed by atoms with van der Waals surface area (Å²) in [5, 5.41) is 1.09. The Hall–Kier alpha value is -1.33. The van der Waals surface area contributed by atoms with Crippen LogP contribution in [0.2, 0.25) is 0 Å². The van der Waals surface area contributed by atoms with E-state index < -0.39 is 15.7 Å². The highest BCUT2D eigenvalue weighted by atomic mass is 32.2. The van der Waals surface area contributed by atoms with Crippen LogP contribution in [0.4, 0.5) is 0 Å². The summed E-state index contributed by atoms with van der Waals surface area (Å²) in [5.74, 6) is -0.578. The predicted molar refractivity (Wildman–Crippen MR) is 64.6 cm³/mol. The number of hydrogen-bond acceptors (Lipinski definition) is 3. The van der Waals surface area contributed by atoms with Gasteiger partial charge in [0.1, 0.15) is 0 Å². The molecule has 4 nitrogen and oxygen atoms in total. The van der Waals surface area contributed by atoms with Crippen LogP contribution in [0.25, 0.3) is 0 Å². The van der Waals surface area contributed by atoms with Gasteiger partial charge in [0.05, 0.1) is 21.7 Å². The first-order valence-corrected chi connectivity index (χ1v) is 6.54. The van der Waals surface area contributed by atoms with Gasteiger partial charge in [0.2, 0.25) is 0 Å². The minimum Gasteiger partial charge on any atom is -0.462 e. The van der Waals surface area contributed by atoms with Crippen molar-refractivity contribution >= 4 is 21.0 Å². The van der Waals surface area contributed by atoms with Crippen LogP contribution in [-0.4, -0.2) is 29.2 Å². The minimum atomic E-state index is -2.68. The van der Waals surface area contributed by atoms with Crippen molar-refractivity contribution in [2.24, 2.45) is 0 Å². The van der Waals surface area contributed by atoms with Crippen molar-refractivity contribution < 1.29 is 13.7 Å². The molecule has 1 N–H and O–H groups in total. The smallest absolute Gasteiger partial charge is 0.340 e. The molecule has 1 rings (SSSR count). The molecule has 0 aromatic heterocycles. The number of hydrogen-bond donors (Lipinski definition) is 1. The lowest BCUT2D eigenvalue weighted by Crippen LogP contribution is -2.25. The summed E-state index contributed by atoms with van der Waals surface area (Å²) in [4.78, 5) is 11.9. The van der Waals surface area contributed by atoms with Crippen LogP contribution in [0.15, 0.2) is 35.2 Å². The highest BCUT2D eigenvalue weighted by Crippen LogP contribution is 2.07. The van der Waals surface area contributed by atoms with Crippen molar-refractivity contribution in [3.05, 3.63) is 30.3 Å². The lowest BCUT2D eigenvalue weighted by atomic mass is 10.4. The van der Waals surface area contributed by atoms with Gasteiger partial charge in [-0.3, -0.25) is 0 Å². The third kappa shape index (κ3) is 3.08. The normalized spacial score (nSPS) is 13.9. The van der Waals surface area contributed by atoms with Gasteiger partial charge in [0.25, 0.3) is 0 Å². The highest BCUT2D eigenvalue weighted by molar-refractivity contribution is 8.00. The van der Waals surface area contributed by atoms with Gasteiger partial charge in [-0.25, -0.2) is 13.7 Å². The van der Waals surface area contributed by atoms with Crippen molar-refractivity contribution in [2.75, 3.05) is 13.7 Å². The van der Waals surface area contributed by atoms with E-state index >= 15 is 0 Å². The molecule has 5 heteroatoms. The quantitative estimate of drug-likeness (QED) is 0.627. The van der Waals surface area contributed by atoms with E-state index in [9.17, 15) is 9.00 Å². The van der Waals surface area contributed by atoms with Crippen LogP contribution in [0.5, 0.6) is 0 Å². The molecule has 1 aromatic rings. The predicted octanol–water partition coefficient (Wildman–Crippen LogP) is 0.830. The molecule has 1 atom stereocenters. The van der Waals surface area contributed by atoms with Crippen LogP contribution in [-0.2, 0) is 19.2 Å². The molecule has 0 aliphatic rings. The Balaban J connectivity index is 3.13. The Bertz CT molecular complexity index is 461. The van der Waals surface area contributed by atoms with E-state index in [1.165, 1.54) is 0 Å². The average Bonchev–Trinajstić information content (AvgIpc) is 2.30. The molecule has 0 bridgehead atoms. The maximum absolute atomic E-state index is 12.4. The van der Waals surface area contributed by atoms with Crippen molar-refractivity contribution in [2.45, 2.75) is 11.8 Å². The van der Waals surface area contributed by atoms with Crippen molar-refractivity contribution in [3.63, 3.8) is 0 Å². The van der Waals surface area contributed by atoms with E-state index in [4.69, 9.17) is 4.74 Å². The molecule has 0 aliphatic heterocycles. The summed E-state index contributed by atoms with van der Waals surface area (Å²) >= 11 is 0. The van der Waals surface area contributed by atoms with E-state index in [0.717, 1.165) is 5.37 Å². The molecule has 0 saturated heterocycles. The van der Waals surface area contributed by atoms with E-state index in [0.29, 0.717) is 4.90 Å². The van der Waals surface area contributed by atoms with Gasteiger partial charge >= 0.3 is 5.97 Å². The van der Waals surface area contributed by atoms with E-state index in [-0.39, 0.29) is 6.61 Å². The third-order valence-electron chi connectivity index (χ3n) is 1.95. The molecule has 88 valence electrons. The summed E-state index contributed by atoms with van der Waals surface area (Å²) < 4.78 is 19.8. The van der Waals surface area contributed by atoms with Gasteiger partial charge in [-0.2, -0.15) is 0 Å². The van der Waals surface area contributed by atoms with Gasteiger partial charge in [-0.1, -0.05) is 18.2 Å². The Morgan fingerprint density at radius 1 is 1.44 bits per heavy atom. The zero-order chi connectivity index (χ0) is 12.0. The second-order valence-electron chi connectivity index (χ2n) is 2.99. The maximum atomic E-state index is 12.4. The van der Waals surface area contributed by atoms with E-state index in [2.05, 4.69) is 4.72 Å². The zero-order valence-electron chi connectivity index (χ0n) is 9.30. The molecule has 0 amide bonds. The molecule has 0 spiro atoms. The fourth-order valence-electron chi connectivity index (χ4n) is 1.18. The maximum Gasteiger partial charge on any atom is 0.340 e. The molecule has 0 heterocycles. The van der Waals surface area contributed by atoms with Crippen molar-refractivity contribution in [1.82, 2.24) is 4.72 Å². The molecular weight excluding hydrogens is 226 g/mol. The molecule has 0 aliphatic carbocycles. The second kappa shape index (κ2) is 5.67. The van der Waals surface area contributed by atoms with Crippen LogP contribution in [0.3, 0.4) is 0 Å². The lowest BCUT2D eigenvalue weighted by molar-refractivity contribution is -0.134. The standard InChI is InChI=1S/C11H15NO3S/c1-3-15-11(13)9-16(14,12-2)10-7-5-4-6-8-10/h4-9H,3H2,1-2H3,(H,12,14). The van der Waals surface area contributed by atoms with Crippen molar-refractivity contribution in [3.8, 4) is 0 Å². The SMILES string of the molecule is CCOC(=O)C=S(=O)(NC)c1ccccc1. The number of nitrogens with one attached hydrogen (secondary N) is 1. The molecule has 16 heavy (non-hydrogen) atoms. The Morgan fingerprint density at radius 3 is 2.56 bits per heavy atom. The second-order valence-corrected chi connectivity index (χ2v) is 5.30. The van der Waals surface area contributed by atoms with Crippen LogP contribution in [0, 0.1) is 0 Å². The largest absolute Gasteiger partial charge is 0.462 e. The van der Waals surface area contributed by atoms with Gasteiger partial charge in [-0.15, -0.1) is 0 Å². The summed E-state index contributed by atoms with van der Waals surface area (Å²) in [5.41, 5.74) is 0. The average molecular weight is 241 g/mol. The van der Waals surface area contributed by atoms with Gasteiger partial charge in [0.15, 0.2) is 0 Å². The molecular formula is C11H15NO3S. The zero-order valence-corrected chi connectivity index (χ0v) is 10.1. The Kier molecular flexibility index (Phi) is 4.52. The molecule has 1 aromatic carbocycles.